The van der Waals surface area contributed by atoms with Crippen molar-refractivity contribution in [1.29, 1.82) is 0 Å². The van der Waals surface area contributed by atoms with Crippen LogP contribution < -0.4 is 15.4 Å². The maximum atomic E-state index is 11.6. The predicted molar refractivity (Wildman–Crippen MR) is 77.4 cm³/mol. The first-order valence-electron chi connectivity index (χ1n) is 6.85. The number of benzene rings is 1. The van der Waals surface area contributed by atoms with Crippen LogP contribution in [0.4, 0.5) is 0 Å². The standard InChI is InChI=1S/C15H22N2O3/c1-4-9-16-14(18)15(19)17-10-12-7-5-6-8-13(12)20-11(2)3/h5-8,11H,4,9-10H2,1-3H3,(H,16,18)(H,17,19). The van der Waals surface area contributed by atoms with Crippen molar-refractivity contribution < 1.29 is 14.3 Å². The average Bonchev–Trinajstić information content (AvgIpc) is 2.42. The number of hydrogen-bond donors (Lipinski definition) is 2. The van der Waals surface area contributed by atoms with Crippen LogP contribution in [-0.4, -0.2) is 24.5 Å². The molecule has 0 aromatic heterocycles. The van der Waals surface area contributed by atoms with Gasteiger partial charge in [0.1, 0.15) is 5.75 Å². The van der Waals surface area contributed by atoms with Gasteiger partial charge in [0.25, 0.3) is 0 Å². The Morgan fingerprint density at radius 2 is 1.80 bits per heavy atom. The first-order chi connectivity index (χ1) is 9.54. The monoisotopic (exact) mass is 278 g/mol. The number of carbonyl (C=O) groups is 2. The van der Waals surface area contributed by atoms with Crippen molar-refractivity contribution in [2.45, 2.75) is 39.8 Å². The number of hydrogen-bond acceptors (Lipinski definition) is 3. The predicted octanol–water partition coefficient (Wildman–Crippen LogP) is 1.62. The summed E-state index contributed by atoms with van der Waals surface area (Å²) in [6.07, 6.45) is 0.851. The Kier molecular flexibility index (Phi) is 6.56. The first-order valence-corrected chi connectivity index (χ1v) is 6.85. The number of para-hydroxylation sites is 1. The molecular formula is C15H22N2O3. The van der Waals surface area contributed by atoms with Crippen molar-refractivity contribution in [3.05, 3.63) is 29.8 Å². The molecular weight excluding hydrogens is 256 g/mol. The molecule has 1 aromatic carbocycles. The summed E-state index contributed by atoms with van der Waals surface area (Å²) in [4.78, 5) is 23.0. The van der Waals surface area contributed by atoms with E-state index in [1.807, 2.05) is 45.0 Å². The fourth-order valence-corrected chi connectivity index (χ4v) is 1.59. The minimum absolute atomic E-state index is 0.0553. The molecule has 110 valence electrons. The molecule has 2 N–H and O–H groups in total. The van der Waals surface area contributed by atoms with Gasteiger partial charge < -0.3 is 15.4 Å². The largest absolute Gasteiger partial charge is 0.491 e. The summed E-state index contributed by atoms with van der Waals surface area (Å²) in [5.74, 6) is -0.510. The van der Waals surface area contributed by atoms with Gasteiger partial charge in [-0.2, -0.15) is 0 Å². The molecule has 0 aliphatic heterocycles. The number of carbonyl (C=O) groups excluding carboxylic acids is 2. The van der Waals surface area contributed by atoms with Crippen molar-refractivity contribution in [1.82, 2.24) is 10.6 Å². The van der Waals surface area contributed by atoms with Crippen molar-refractivity contribution in [3.8, 4) is 5.75 Å². The van der Waals surface area contributed by atoms with Crippen LogP contribution in [0.25, 0.3) is 0 Å². The van der Waals surface area contributed by atoms with Crippen LogP contribution in [0.5, 0.6) is 5.75 Å². The Hall–Kier alpha value is -2.04. The molecule has 1 aromatic rings. The van der Waals surface area contributed by atoms with Gasteiger partial charge in [-0.1, -0.05) is 25.1 Å². The maximum absolute atomic E-state index is 11.6. The van der Waals surface area contributed by atoms with Crippen LogP contribution in [0.15, 0.2) is 24.3 Å². The summed E-state index contributed by atoms with van der Waals surface area (Å²) < 4.78 is 5.65. The molecule has 0 radical (unpaired) electrons. The smallest absolute Gasteiger partial charge is 0.309 e. The molecule has 0 saturated carbocycles. The molecule has 2 amide bonds. The van der Waals surface area contributed by atoms with Crippen LogP contribution in [0.1, 0.15) is 32.8 Å². The fraction of sp³-hybridized carbons (Fsp3) is 0.467. The van der Waals surface area contributed by atoms with E-state index < -0.39 is 11.8 Å². The van der Waals surface area contributed by atoms with Gasteiger partial charge in [0.15, 0.2) is 0 Å². The molecule has 0 bridgehead atoms. The van der Waals surface area contributed by atoms with Crippen molar-refractivity contribution in [2.75, 3.05) is 6.54 Å². The summed E-state index contributed by atoms with van der Waals surface area (Å²) in [5, 5.41) is 5.12. The third-order valence-corrected chi connectivity index (χ3v) is 2.52. The molecule has 1 rings (SSSR count). The zero-order chi connectivity index (χ0) is 15.0. The van der Waals surface area contributed by atoms with Gasteiger partial charge in [-0.05, 0) is 26.3 Å². The summed E-state index contributed by atoms with van der Waals surface area (Å²) in [6, 6.07) is 7.45. The second-order valence-electron chi connectivity index (χ2n) is 4.71. The molecule has 0 saturated heterocycles. The minimum Gasteiger partial charge on any atom is -0.491 e. The van der Waals surface area contributed by atoms with E-state index in [-0.39, 0.29) is 12.6 Å². The molecule has 0 fully saturated rings. The van der Waals surface area contributed by atoms with Gasteiger partial charge >= 0.3 is 11.8 Å². The summed E-state index contributed by atoms with van der Waals surface area (Å²) in [5.41, 5.74) is 0.845. The molecule has 5 nitrogen and oxygen atoms in total. The third kappa shape index (κ3) is 5.30. The van der Waals surface area contributed by atoms with Gasteiger partial charge in [-0.3, -0.25) is 9.59 Å². The van der Waals surface area contributed by atoms with E-state index in [2.05, 4.69) is 10.6 Å². The van der Waals surface area contributed by atoms with Crippen LogP contribution in [0.2, 0.25) is 0 Å². The lowest BCUT2D eigenvalue weighted by molar-refractivity contribution is -0.139. The molecule has 20 heavy (non-hydrogen) atoms. The van der Waals surface area contributed by atoms with E-state index in [4.69, 9.17) is 4.74 Å². The SMILES string of the molecule is CCCNC(=O)C(=O)NCc1ccccc1OC(C)C. The fourth-order valence-electron chi connectivity index (χ4n) is 1.59. The Bertz CT molecular complexity index is 458. The van der Waals surface area contributed by atoms with Crippen molar-refractivity contribution >= 4 is 11.8 Å². The molecule has 5 heteroatoms. The van der Waals surface area contributed by atoms with E-state index in [1.165, 1.54) is 0 Å². The Balaban J connectivity index is 2.57. The van der Waals surface area contributed by atoms with E-state index in [9.17, 15) is 9.59 Å². The minimum atomic E-state index is -0.627. The highest BCUT2D eigenvalue weighted by Gasteiger charge is 2.13. The highest BCUT2D eigenvalue weighted by atomic mass is 16.5. The van der Waals surface area contributed by atoms with Crippen molar-refractivity contribution in [3.63, 3.8) is 0 Å². The maximum Gasteiger partial charge on any atom is 0.309 e. The summed E-state index contributed by atoms with van der Waals surface area (Å²) in [7, 11) is 0. The lowest BCUT2D eigenvalue weighted by Crippen LogP contribution is -2.39. The highest BCUT2D eigenvalue weighted by Crippen LogP contribution is 2.18. The van der Waals surface area contributed by atoms with Gasteiger partial charge in [-0.15, -0.1) is 0 Å². The summed E-state index contributed by atoms with van der Waals surface area (Å²) in [6.45, 7) is 6.57. The van der Waals surface area contributed by atoms with Crippen LogP contribution in [0, 0.1) is 0 Å². The second-order valence-corrected chi connectivity index (χ2v) is 4.71. The van der Waals surface area contributed by atoms with E-state index in [0.29, 0.717) is 6.54 Å². The summed E-state index contributed by atoms with van der Waals surface area (Å²) >= 11 is 0. The molecule has 0 spiro atoms. The van der Waals surface area contributed by atoms with Gasteiger partial charge in [0, 0.05) is 18.7 Å². The normalized spacial score (nSPS) is 10.2. The Labute approximate surface area is 119 Å². The van der Waals surface area contributed by atoms with E-state index >= 15 is 0 Å². The van der Waals surface area contributed by atoms with E-state index in [0.717, 1.165) is 17.7 Å². The number of nitrogens with one attached hydrogen (secondary N) is 2. The number of amides is 2. The van der Waals surface area contributed by atoms with Gasteiger partial charge in [-0.25, -0.2) is 0 Å². The second kappa shape index (κ2) is 8.19. The number of rotatable bonds is 6. The lowest BCUT2D eigenvalue weighted by atomic mass is 10.2. The zero-order valence-corrected chi connectivity index (χ0v) is 12.2. The Morgan fingerprint density at radius 3 is 2.45 bits per heavy atom. The quantitative estimate of drug-likeness (QED) is 0.777. The third-order valence-electron chi connectivity index (χ3n) is 2.52. The average molecular weight is 278 g/mol. The van der Waals surface area contributed by atoms with Gasteiger partial charge in [0.2, 0.25) is 0 Å². The van der Waals surface area contributed by atoms with Crippen LogP contribution in [0.3, 0.4) is 0 Å². The molecule has 0 heterocycles. The first kappa shape index (κ1) is 16.0. The van der Waals surface area contributed by atoms with Crippen LogP contribution in [-0.2, 0) is 16.1 Å². The molecule has 0 aliphatic rings. The van der Waals surface area contributed by atoms with Crippen LogP contribution >= 0.6 is 0 Å². The zero-order valence-electron chi connectivity index (χ0n) is 12.2. The molecule has 0 atom stereocenters. The number of ether oxygens (including phenoxy) is 1. The Morgan fingerprint density at radius 1 is 1.15 bits per heavy atom. The lowest BCUT2D eigenvalue weighted by Gasteiger charge is -2.14. The molecule has 0 unspecified atom stereocenters. The van der Waals surface area contributed by atoms with Gasteiger partial charge in [0.05, 0.1) is 6.10 Å². The highest BCUT2D eigenvalue weighted by molar-refractivity contribution is 6.35. The van der Waals surface area contributed by atoms with Crippen molar-refractivity contribution in [2.24, 2.45) is 0 Å². The van der Waals surface area contributed by atoms with E-state index in [1.54, 1.807) is 0 Å². The molecule has 0 aliphatic carbocycles. The topological polar surface area (TPSA) is 67.4 Å².